The summed E-state index contributed by atoms with van der Waals surface area (Å²) in [5.74, 6) is -1.79. The summed E-state index contributed by atoms with van der Waals surface area (Å²) in [7, 11) is 0. The second kappa shape index (κ2) is 8.12. The topological polar surface area (TPSA) is 81.2 Å². The van der Waals surface area contributed by atoms with E-state index in [0.29, 0.717) is 16.9 Å². The average molecular weight is 446 g/mol. The minimum Gasteiger partial charge on any atom is -0.370 e. The van der Waals surface area contributed by atoms with Crippen LogP contribution in [-0.4, -0.2) is 21.6 Å². The maximum absolute atomic E-state index is 14.0. The standard InChI is InChI=1S/C25H20F2N4O2/c26-18-4-6-20(7-5-18)31-22-9-8-21(11-17(22)14-29-31)30-24(33)13-16(12-23(28)32)25(30)15-2-1-3-19(27)10-15/h1-11,14,16,25H,12-13H2,(H2,28,32)/t16-,25-/m0/s1. The van der Waals surface area contributed by atoms with Gasteiger partial charge in [-0.05, 0) is 60.2 Å². The third-order valence-corrected chi connectivity index (χ3v) is 5.98. The quantitative estimate of drug-likeness (QED) is 0.497. The molecule has 0 bridgehead atoms. The molecule has 6 nitrogen and oxygen atoms in total. The van der Waals surface area contributed by atoms with Crippen molar-refractivity contribution in [2.75, 3.05) is 4.90 Å². The van der Waals surface area contributed by atoms with E-state index in [2.05, 4.69) is 5.10 Å². The van der Waals surface area contributed by atoms with Gasteiger partial charge in [0.15, 0.2) is 0 Å². The van der Waals surface area contributed by atoms with Gasteiger partial charge in [-0.25, -0.2) is 13.5 Å². The zero-order chi connectivity index (χ0) is 23.1. The summed E-state index contributed by atoms with van der Waals surface area (Å²) < 4.78 is 29.0. The summed E-state index contributed by atoms with van der Waals surface area (Å²) in [6.07, 6.45) is 1.83. The van der Waals surface area contributed by atoms with Gasteiger partial charge in [-0.15, -0.1) is 0 Å². The van der Waals surface area contributed by atoms with Crippen LogP contribution in [0, 0.1) is 17.6 Å². The van der Waals surface area contributed by atoms with Crippen LogP contribution >= 0.6 is 0 Å². The minimum absolute atomic E-state index is 0.0220. The molecule has 2 amide bonds. The predicted octanol–water partition coefficient (Wildman–Crippen LogP) is 4.27. The summed E-state index contributed by atoms with van der Waals surface area (Å²) in [5, 5.41) is 5.18. The van der Waals surface area contributed by atoms with Gasteiger partial charge in [-0.3, -0.25) is 9.59 Å². The first-order valence-corrected chi connectivity index (χ1v) is 10.5. The molecule has 1 aromatic heterocycles. The molecular weight excluding hydrogens is 426 g/mol. The molecule has 2 atom stereocenters. The van der Waals surface area contributed by atoms with Crippen LogP contribution in [-0.2, 0) is 9.59 Å². The van der Waals surface area contributed by atoms with Gasteiger partial charge in [0.1, 0.15) is 11.6 Å². The molecule has 166 valence electrons. The van der Waals surface area contributed by atoms with Crippen LogP contribution in [0.2, 0.25) is 0 Å². The molecule has 1 aliphatic rings. The maximum Gasteiger partial charge on any atom is 0.227 e. The highest BCUT2D eigenvalue weighted by molar-refractivity contribution is 5.99. The molecule has 1 aliphatic heterocycles. The van der Waals surface area contributed by atoms with Crippen LogP contribution in [0.25, 0.3) is 16.6 Å². The number of nitrogens with zero attached hydrogens (tertiary/aromatic N) is 3. The number of carbonyl (C=O) groups is 2. The molecule has 0 radical (unpaired) electrons. The highest BCUT2D eigenvalue weighted by Gasteiger charge is 2.42. The average Bonchev–Trinajstić information content (AvgIpc) is 3.34. The first-order valence-electron chi connectivity index (χ1n) is 10.5. The normalized spacial score (nSPS) is 18.2. The van der Waals surface area contributed by atoms with E-state index in [4.69, 9.17) is 5.73 Å². The van der Waals surface area contributed by atoms with Gasteiger partial charge in [-0.2, -0.15) is 5.10 Å². The van der Waals surface area contributed by atoms with Crippen molar-refractivity contribution in [1.29, 1.82) is 0 Å². The van der Waals surface area contributed by atoms with Crippen LogP contribution in [0.5, 0.6) is 0 Å². The number of aromatic nitrogens is 2. The van der Waals surface area contributed by atoms with E-state index < -0.39 is 17.8 Å². The Hall–Kier alpha value is -4.07. The van der Waals surface area contributed by atoms with Crippen LogP contribution < -0.4 is 10.6 Å². The van der Waals surface area contributed by atoms with Crippen molar-refractivity contribution in [3.63, 3.8) is 0 Å². The highest BCUT2D eigenvalue weighted by atomic mass is 19.1. The second-order valence-electron chi connectivity index (χ2n) is 8.17. The molecule has 2 N–H and O–H groups in total. The van der Waals surface area contributed by atoms with Gasteiger partial charge >= 0.3 is 0 Å². The van der Waals surface area contributed by atoms with Crippen molar-refractivity contribution in [1.82, 2.24) is 9.78 Å². The van der Waals surface area contributed by atoms with Gasteiger partial charge in [0, 0.05) is 29.8 Å². The summed E-state index contributed by atoms with van der Waals surface area (Å²) in [6, 6.07) is 17.0. The Morgan fingerprint density at radius 3 is 2.48 bits per heavy atom. The number of benzene rings is 3. The number of hydrogen-bond donors (Lipinski definition) is 1. The van der Waals surface area contributed by atoms with Gasteiger partial charge in [0.05, 0.1) is 23.4 Å². The molecule has 5 rings (SSSR count). The molecule has 1 fully saturated rings. The lowest BCUT2D eigenvalue weighted by Crippen LogP contribution is -2.29. The molecule has 0 aliphatic carbocycles. The minimum atomic E-state index is -0.523. The number of hydrogen-bond acceptors (Lipinski definition) is 3. The fraction of sp³-hybridized carbons (Fsp3) is 0.160. The molecule has 8 heteroatoms. The largest absolute Gasteiger partial charge is 0.370 e. The molecule has 33 heavy (non-hydrogen) atoms. The fourth-order valence-electron chi connectivity index (χ4n) is 4.62. The Balaban J connectivity index is 1.57. The van der Waals surface area contributed by atoms with E-state index in [0.717, 1.165) is 10.9 Å². The third-order valence-electron chi connectivity index (χ3n) is 5.98. The van der Waals surface area contributed by atoms with Crippen molar-refractivity contribution in [2.45, 2.75) is 18.9 Å². The number of rotatable bonds is 5. The van der Waals surface area contributed by atoms with Crippen molar-refractivity contribution in [2.24, 2.45) is 11.7 Å². The summed E-state index contributed by atoms with van der Waals surface area (Å²) in [6.45, 7) is 0. The Labute approximate surface area is 188 Å². The fourth-order valence-corrected chi connectivity index (χ4v) is 4.62. The molecule has 2 heterocycles. The van der Waals surface area contributed by atoms with E-state index >= 15 is 0 Å². The number of amides is 2. The first kappa shape index (κ1) is 20.8. The zero-order valence-corrected chi connectivity index (χ0v) is 17.5. The number of halogens is 2. The van der Waals surface area contributed by atoms with Crippen molar-refractivity contribution >= 4 is 28.4 Å². The number of anilines is 1. The third kappa shape index (κ3) is 3.84. The smallest absolute Gasteiger partial charge is 0.227 e. The lowest BCUT2D eigenvalue weighted by molar-refractivity contribution is -0.119. The van der Waals surface area contributed by atoms with Crippen molar-refractivity contribution in [3.05, 3.63) is 90.1 Å². The Morgan fingerprint density at radius 1 is 1.00 bits per heavy atom. The predicted molar refractivity (Wildman–Crippen MR) is 120 cm³/mol. The number of nitrogens with two attached hydrogens (primary N) is 1. The molecule has 0 unspecified atom stereocenters. The molecule has 0 saturated carbocycles. The number of fused-ring (bicyclic) bond motifs is 1. The van der Waals surface area contributed by atoms with Gasteiger partial charge in [0.2, 0.25) is 11.8 Å². The van der Waals surface area contributed by atoms with Crippen LogP contribution in [0.1, 0.15) is 24.4 Å². The van der Waals surface area contributed by atoms with Gasteiger partial charge in [-0.1, -0.05) is 12.1 Å². The van der Waals surface area contributed by atoms with Gasteiger partial charge < -0.3 is 10.6 Å². The van der Waals surface area contributed by atoms with E-state index in [-0.39, 0.29) is 30.5 Å². The van der Waals surface area contributed by atoms with Crippen LogP contribution in [0.4, 0.5) is 14.5 Å². The zero-order valence-electron chi connectivity index (χ0n) is 17.5. The van der Waals surface area contributed by atoms with Crippen LogP contribution in [0.3, 0.4) is 0 Å². The maximum atomic E-state index is 14.0. The highest BCUT2D eigenvalue weighted by Crippen LogP contribution is 2.43. The van der Waals surface area contributed by atoms with E-state index in [1.54, 1.807) is 46.1 Å². The number of carbonyl (C=O) groups excluding carboxylic acids is 2. The molecule has 3 aromatic carbocycles. The summed E-state index contributed by atoms with van der Waals surface area (Å²) in [4.78, 5) is 26.3. The van der Waals surface area contributed by atoms with E-state index in [9.17, 15) is 18.4 Å². The SMILES string of the molecule is NC(=O)C[C@H]1CC(=O)N(c2ccc3c(cnn3-c3ccc(F)cc3)c2)[C@H]1c1cccc(F)c1. The van der Waals surface area contributed by atoms with Gasteiger partial charge in [0.25, 0.3) is 0 Å². The molecule has 0 spiro atoms. The summed E-state index contributed by atoms with van der Waals surface area (Å²) in [5.41, 5.74) is 8.15. The monoisotopic (exact) mass is 446 g/mol. The molecule has 4 aromatic rings. The van der Waals surface area contributed by atoms with Crippen molar-refractivity contribution < 1.29 is 18.4 Å². The lowest BCUT2D eigenvalue weighted by Gasteiger charge is -2.28. The Morgan fingerprint density at radius 2 is 1.76 bits per heavy atom. The molecular formula is C25H20F2N4O2. The van der Waals surface area contributed by atoms with Crippen molar-refractivity contribution in [3.8, 4) is 5.69 Å². The molecule has 1 saturated heterocycles. The van der Waals surface area contributed by atoms with E-state index in [1.165, 1.54) is 24.3 Å². The summed E-state index contributed by atoms with van der Waals surface area (Å²) >= 11 is 0. The Bertz CT molecular complexity index is 1370. The van der Waals surface area contributed by atoms with Crippen LogP contribution in [0.15, 0.2) is 72.9 Å². The second-order valence-corrected chi connectivity index (χ2v) is 8.17. The lowest BCUT2D eigenvalue weighted by atomic mass is 9.90. The Kier molecular flexibility index (Phi) is 5.12. The number of primary amides is 1. The first-order chi connectivity index (χ1) is 15.9. The van der Waals surface area contributed by atoms with E-state index in [1.807, 2.05) is 12.1 Å².